The summed E-state index contributed by atoms with van der Waals surface area (Å²) in [6, 6.07) is 16.0. The van der Waals surface area contributed by atoms with E-state index >= 15 is 0 Å². The third-order valence-electron chi connectivity index (χ3n) is 5.92. The molecular formula is C23H27N3O2. The second-order valence-electron chi connectivity index (χ2n) is 7.92. The van der Waals surface area contributed by atoms with Crippen molar-refractivity contribution in [2.75, 3.05) is 13.1 Å². The van der Waals surface area contributed by atoms with Crippen molar-refractivity contribution < 1.29 is 9.90 Å². The van der Waals surface area contributed by atoms with Crippen LogP contribution in [-0.4, -0.2) is 40.4 Å². The maximum absolute atomic E-state index is 11.8. The molecule has 0 bridgehead atoms. The van der Waals surface area contributed by atoms with Crippen molar-refractivity contribution in [2.45, 2.75) is 44.8 Å². The Bertz CT molecular complexity index is 896. The first kappa shape index (κ1) is 18.7. The number of hydrogen-bond donors (Lipinski definition) is 2. The number of benzene rings is 2. The molecule has 1 atom stereocenters. The van der Waals surface area contributed by atoms with Gasteiger partial charge in [-0.3, -0.25) is 15.1 Å². The van der Waals surface area contributed by atoms with Gasteiger partial charge in [-0.2, -0.15) is 0 Å². The summed E-state index contributed by atoms with van der Waals surface area (Å²) >= 11 is 0. The second kappa shape index (κ2) is 7.40. The first-order chi connectivity index (χ1) is 13.5. The van der Waals surface area contributed by atoms with Crippen molar-refractivity contribution in [1.29, 1.82) is 0 Å². The Labute approximate surface area is 166 Å². The van der Waals surface area contributed by atoms with Crippen LogP contribution in [0, 0.1) is 6.92 Å². The van der Waals surface area contributed by atoms with E-state index in [2.05, 4.69) is 36.5 Å². The molecule has 0 aromatic heterocycles. The van der Waals surface area contributed by atoms with Crippen LogP contribution in [0.4, 0.5) is 0 Å². The summed E-state index contributed by atoms with van der Waals surface area (Å²) < 4.78 is 0. The molecule has 2 aromatic rings. The maximum Gasteiger partial charge on any atom is 0.219 e. The fraction of sp³-hybridized carbons (Fsp3) is 0.391. The Kier molecular flexibility index (Phi) is 4.94. The number of phenols is 1. The van der Waals surface area contributed by atoms with Crippen LogP contribution in [0.5, 0.6) is 5.75 Å². The van der Waals surface area contributed by atoms with Crippen LogP contribution in [0.1, 0.15) is 48.9 Å². The topological polar surface area (TPSA) is 64.9 Å². The molecule has 2 aromatic carbocycles. The summed E-state index contributed by atoms with van der Waals surface area (Å²) in [5.41, 5.74) is 3.90. The molecule has 146 valence electrons. The number of aromatic hydroxyl groups is 1. The van der Waals surface area contributed by atoms with E-state index in [0.717, 1.165) is 36.1 Å². The number of carbonyl (C=O) groups excluding carboxylic acids is 1. The summed E-state index contributed by atoms with van der Waals surface area (Å²) in [6.45, 7) is 5.09. The lowest BCUT2D eigenvalue weighted by Gasteiger charge is -2.45. The number of phenolic OH excluding ortho intramolecular Hbond substituents is 1. The van der Waals surface area contributed by atoms with Gasteiger partial charge in [0.25, 0.3) is 0 Å². The van der Waals surface area contributed by atoms with E-state index in [1.54, 1.807) is 13.0 Å². The smallest absolute Gasteiger partial charge is 0.219 e. The fourth-order valence-corrected chi connectivity index (χ4v) is 4.25. The molecule has 0 unspecified atom stereocenters. The normalized spacial score (nSPS) is 21.4. The van der Waals surface area contributed by atoms with Crippen molar-refractivity contribution >= 4 is 11.6 Å². The Hall–Kier alpha value is -2.66. The lowest BCUT2D eigenvalue weighted by molar-refractivity contribution is -0.130. The van der Waals surface area contributed by atoms with Crippen molar-refractivity contribution in [3.63, 3.8) is 0 Å². The van der Waals surface area contributed by atoms with Crippen LogP contribution >= 0.6 is 0 Å². The van der Waals surface area contributed by atoms with E-state index in [4.69, 9.17) is 4.99 Å². The highest BCUT2D eigenvalue weighted by Gasteiger charge is 2.40. The van der Waals surface area contributed by atoms with Crippen molar-refractivity contribution in [3.8, 4) is 5.75 Å². The number of amides is 1. The molecular weight excluding hydrogens is 350 g/mol. The monoisotopic (exact) mass is 377 g/mol. The fourth-order valence-electron chi connectivity index (χ4n) is 4.25. The van der Waals surface area contributed by atoms with Gasteiger partial charge in [0.2, 0.25) is 5.91 Å². The van der Waals surface area contributed by atoms with Gasteiger partial charge in [-0.05, 0) is 18.6 Å². The lowest BCUT2D eigenvalue weighted by atomic mass is 9.87. The largest absolute Gasteiger partial charge is 0.508 e. The first-order valence-corrected chi connectivity index (χ1v) is 9.93. The number of rotatable bonds is 2. The summed E-state index contributed by atoms with van der Waals surface area (Å²) in [5, 5.41) is 14.1. The standard InChI is InChI=1S/C23H27N3O2/c1-16-7-9-18(10-8-16)20-15-21(19-5-3-4-6-22(19)28)25-23(24-20)11-13-26(14-12-23)17(2)27/h3-10,21,25,28H,11-15H2,1-2H3/t21-/m1/s1. The van der Waals surface area contributed by atoms with Crippen LogP contribution in [0.2, 0.25) is 0 Å². The molecule has 28 heavy (non-hydrogen) atoms. The predicted molar refractivity (Wildman–Crippen MR) is 111 cm³/mol. The van der Waals surface area contributed by atoms with Gasteiger partial charge in [0.05, 0.1) is 0 Å². The molecule has 2 aliphatic rings. The Morgan fingerprint density at radius 3 is 2.46 bits per heavy atom. The summed E-state index contributed by atoms with van der Waals surface area (Å²) in [5.74, 6) is 0.423. The highest BCUT2D eigenvalue weighted by Crippen LogP contribution is 2.37. The number of likely N-dealkylation sites (tertiary alicyclic amines) is 1. The molecule has 1 amide bonds. The van der Waals surface area contributed by atoms with Gasteiger partial charge in [0, 0.05) is 56.6 Å². The number of para-hydroxylation sites is 1. The van der Waals surface area contributed by atoms with Gasteiger partial charge in [-0.1, -0.05) is 48.0 Å². The van der Waals surface area contributed by atoms with Crippen molar-refractivity contribution in [1.82, 2.24) is 10.2 Å². The first-order valence-electron chi connectivity index (χ1n) is 9.93. The molecule has 4 rings (SSSR count). The molecule has 1 spiro atoms. The zero-order valence-electron chi connectivity index (χ0n) is 16.5. The molecule has 1 saturated heterocycles. The van der Waals surface area contributed by atoms with Gasteiger partial charge < -0.3 is 10.0 Å². The molecule has 0 saturated carbocycles. The molecule has 2 N–H and O–H groups in total. The Morgan fingerprint density at radius 2 is 1.82 bits per heavy atom. The molecule has 1 fully saturated rings. The van der Waals surface area contributed by atoms with E-state index in [-0.39, 0.29) is 11.9 Å². The Balaban J connectivity index is 1.70. The second-order valence-corrected chi connectivity index (χ2v) is 7.92. The minimum atomic E-state index is -0.405. The minimum absolute atomic E-state index is 0.0149. The van der Waals surface area contributed by atoms with E-state index in [1.807, 2.05) is 23.1 Å². The van der Waals surface area contributed by atoms with Crippen LogP contribution in [-0.2, 0) is 4.79 Å². The molecule has 2 aliphatic heterocycles. The third kappa shape index (κ3) is 3.67. The predicted octanol–water partition coefficient (Wildman–Crippen LogP) is 3.56. The van der Waals surface area contributed by atoms with Crippen molar-refractivity contribution in [3.05, 3.63) is 65.2 Å². The number of carbonyl (C=O) groups is 1. The number of piperidine rings is 1. The SMILES string of the molecule is CC(=O)N1CCC2(CC1)N=C(c1ccc(C)cc1)C[C@H](c1ccccc1O)N2. The van der Waals surface area contributed by atoms with Gasteiger partial charge in [-0.25, -0.2) is 0 Å². The Morgan fingerprint density at radius 1 is 1.14 bits per heavy atom. The number of hydrogen-bond acceptors (Lipinski definition) is 4. The van der Waals surface area contributed by atoms with E-state index in [0.29, 0.717) is 18.8 Å². The molecule has 0 radical (unpaired) electrons. The van der Waals surface area contributed by atoms with Crippen LogP contribution in [0.25, 0.3) is 0 Å². The third-order valence-corrected chi connectivity index (χ3v) is 5.92. The summed E-state index contributed by atoms with van der Waals surface area (Å²) in [7, 11) is 0. The maximum atomic E-state index is 11.8. The van der Waals surface area contributed by atoms with Gasteiger partial charge in [0.1, 0.15) is 11.4 Å². The van der Waals surface area contributed by atoms with Gasteiger partial charge in [0.15, 0.2) is 0 Å². The molecule has 2 heterocycles. The lowest BCUT2D eigenvalue weighted by Crippen LogP contribution is -2.56. The van der Waals surface area contributed by atoms with Crippen LogP contribution in [0.3, 0.4) is 0 Å². The highest BCUT2D eigenvalue weighted by molar-refractivity contribution is 6.01. The minimum Gasteiger partial charge on any atom is -0.508 e. The summed E-state index contributed by atoms with van der Waals surface area (Å²) in [4.78, 5) is 18.8. The molecule has 0 aliphatic carbocycles. The molecule has 5 nitrogen and oxygen atoms in total. The van der Waals surface area contributed by atoms with Crippen LogP contribution in [0.15, 0.2) is 53.5 Å². The van der Waals surface area contributed by atoms with Gasteiger partial charge >= 0.3 is 0 Å². The van der Waals surface area contributed by atoms with E-state index < -0.39 is 5.66 Å². The number of aliphatic imine (C=N–C) groups is 1. The zero-order valence-corrected chi connectivity index (χ0v) is 16.5. The summed E-state index contributed by atoms with van der Waals surface area (Å²) in [6.07, 6.45) is 2.26. The van der Waals surface area contributed by atoms with E-state index in [1.165, 1.54) is 5.56 Å². The quantitative estimate of drug-likeness (QED) is 0.841. The van der Waals surface area contributed by atoms with Crippen LogP contribution < -0.4 is 5.32 Å². The number of nitrogens with zero attached hydrogens (tertiary/aromatic N) is 2. The average molecular weight is 377 g/mol. The number of aryl methyl sites for hydroxylation is 1. The molecule has 5 heteroatoms. The van der Waals surface area contributed by atoms with Crippen molar-refractivity contribution in [2.24, 2.45) is 4.99 Å². The van der Waals surface area contributed by atoms with Gasteiger partial charge in [-0.15, -0.1) is 0 Å². The average Bonchev–Trinajstić information content (AvgIpc) is 2.69. The highest BCUT2D eigenvalue weighted by atomic mass is 16.3. The van der Waals surface area contributed by atoms with E-state index in [9.17, 15) is 9.90 Å². The zero-order chi connectivity index (χ0) is 19.7. The number of nitrogens with one attached hydrogen (secondary N) is 1.